The Morgan fingerprint density at radius 3 is 1.12 bits per heavy atom. The average Bonchev–Trinajstić information content (AvgIpc) is 0.791. The van der Waals surface area contributed by atoms with Gasteiger partial charge in [-0.1, -0.05) is 174 Å². The van der Waals surface area contributed by atoms with Gasteiger partial charge in [0.1, 0.15) is 61.1 Å². The Hall–Kier alpha value is -10.6. The summed E-state index contributed by atoms with van der Waals surface area (Å²) in [5.41, 5.74) is 8.47. The second-order valence-corrected chi connectivity index (χ2v) is 38.6. The molecule has 23 heteroatoms. The second kappa shape index (κ2) is 39.5. The molecular formula is C86H102F2N6O13Si2. The van der Waals surface area contributed by atoms with E-state index < -0.39 is 28.5 Å². The van der Waals surface area contributed by atoms with Crippen LogP contribution in [0.2, 0.25) is 36.3 Å². The Kier molecular flexibility index (Phi) is 30.5. The van der Waals surface area contributed by atoms with Crippen molar-refractivity contribution in [1.82, 2.24) is 30.2 Å². The molecule has 109 heavy (non-hydrogen) atoms. The van der Waals surface area contributed by atoms with Crippen LogP contribution in [0.4, 0.5) is 8.78 Å². The van der Waals surface area contributed by atoms with Crippen molar-refractivity contribution in [2.24, 2.45) is 0 Å². The molecule has 0 fully saturated rings. The molecule has 2 N–H and O–H groups in total. The summed E-state index contributed by atoms with van der Waals surface area (Å²) < 4.78 is 85.2. The van der Waals surface area contributed by atoms with Crippen molar-refractivity contribution in [1.29, 1.82) is 0 Å². The SMILES string of the molecule is CC(C)(C)[Si](C)(C)OCCNCc1ccc(F)cc1.COc1ccc(COc2nc(-c3ccc(C)cc3)nc(C(=O)N(CCO[Si](C)(C)C(C)(C)C)Cc3ccc(F)cc3)c2OCc2ccc(OC)cc2)cc1.COc1ccc(COc2nc(-c3ccc(C)cc3)nc(C(=O)O)c2OCc2ccc(OC)cc2)cc1. The van der Waals surface area contributed by atoms with Gasteiger partial charge in [-0.2, -0.15) is 9.97 Å². The first-order valence-corrected chi connectivity index (χ1v) is 41.8. The van der Waals surface area contributed by atoms with Crippen LogP contribution in [0.15, 0.2) is 194 Å². The van der Waals surface area contributed by atoms with Gasteiger partial charge in [0.05, 0.1) is 35.0 Å². The summed E-state index contributed by atoms with van der Waals surface area (Å²) in [6, 6.07) is 57.5. The number of halogens is 2. The smallest absolute Gasteiger partial charge is 0.358 e. The highest BCUT2D eigenvalue weighted by Crippen LogP contribution is 2.40. The highest BCUT2D eigenvalue weighted by molar-refractivity contribution is 6.74. The minimum atomic E-state index is -2.14. The fraction of sp³-hybridized carbons (Fsp3) is 0.326. The molecule has 0 atom stereocenters. The summed E-state index contributed by atoms with van der Waals surface area (Å²) >= 11 is 0. The largest absolute Gasteiger partial charge is 0.497 e. The second-order valence-electron chi connectivity index (χ2n) is 29.0. The molecule has 0 aliphatic carbocycles. The first kappa shape index (κ1) is 84.1. The van der Waals surface area contributed by atoms with Crippen LogP contribution in [-0.4, -0.2) is 113 Å². The number of amides is 1. The summed E-state index contributed by atoms with van der Waals surface area (Å²) in [6.45, 7) is 29.6. The van der Waals surface area contributed by atoms with E-state index in [0.29, 0.717) is 35.1 Å². The average molecular weight is 1520 g/mol. The fourth-order valence-corrected chi connectivity index (χ4v) is 12.1. The maximum Gasteiger partial charge on any atom is 0.358 e. The van der Waals surface area contributed by atoms with Gasteiger partial charge in [-0.3, -0.25) is 4.79 Å². The molecule has 0 radical (unpaired) electrons. The van der Waals surface area contributed by atoms with Crippen LogP contribution in [0.25, 0.3) is 22.8 Å². The van der Waals surface area contributed by atoms with Gasteiger partial charge in [0.15, 0.2) is 39.7 Å². The lowest BCUT2D eigenvalue weighted by Crippen LogP contribution is -2.43. The van der Waals surface area contributed by atoms with Crippen molar-refractivity contribution in [2.45, 2.75) is 131 Å². The fourth-order valence-electron chi connectivity index (χ4n) is 10.0. The molecule has 0 spiro atoms. The summed E-state index contributed by atoms with van der Waals surface area (Å²) in [4.78, 5) is 47.4. The molecule has 0 saturated carbocycles. The molecule has 0 aliphatic rings. The number of hydrogen-bond donors (Lipinski definition) is 2. The predicted octanol–water partition coefficient (Wildman–Crippen LogP) is 18.7. The van der Waals surface area contributed by atoms with Crippen molar-refractivity contribution in [2.75, 3.05) is 54.7 Å². The molecule has 0 bridgehead atoms. The number of nitrogens with one attached hydrogen (secondary N) is 1. The van der Waals surface area contributed by atoms with Crippen molar-refractivity contribution < 1.29 is 70.2 Å². The van der Waals surface area contributed by atoms with Gasteiger partial charge in [0.2, 0.25) is 11.5 Å². The molecule has 2 heterocycles. The number of benzene rings is 8. The molecule has 1 amide bonds. The summed E-state index contributed by atoms with van der Waals surface area (Å²) in [6.07, 6.45) is 0. The number of rotatable bonds is 32. The molecule has 0 unspecified atom stereocenters. The Labute approximate surface area is 642 Å². The van der Waals surface area contributed by atoms with Gasteiger partial charge in [0.25, 0.3) is 17.7 Å². The van der Waals surface area contributed by atoms with Gasteiger partial charge in [-0.25, -0.2) is 23.5 Å². The van der Waals surface area contributed by atoms with E-state index in [2.05, 4.69) is 83.0 Å². The van der Waals surface area contributed by atoms with E-state index in [1.165, 1.54) is 24.3 Å². The van der Waals surface area contributed by atoms with Gasteiger partial charge in [0, 0.05) is 43.9 Å². The molecule has 10 aromatic rings. The topological polar surface area (TPSA) is 213 Å². The minimum Gasteiger partial charge on any atom is -0.497 e. The van der Waals surface area contributed by atoms with Crippen LogP contribution in [0, 0.1) is 25.5 Å². The number of methoxy groups -OCH3 is 4. The molecule has 10 rings (SSSR count). The van der Waals surface area contributed by atoms with Crippen LogP contribution >= 0.6 is 0 Å². The number of carbonyl (C=O) groups is 2. The zero-order chi connectivity index (χ0) is 78.9. The van der Waals surface area contributed by atoms with Crippen molar-refractivity contribution >= 4 is 28.5 Å². The van der Waals surface area contributed by atoms with E-state index in [0.717, 1.165) is 75.7 Å². The van der Waals surface area contributed by atoms with Crippen LogP contribution in [0.1, 0.15) is 107 Å². The van der Waals surface area contributed by atoms with E-state index in [-0.39, 0.29) is 102 Å². The maximum atomic E-state index is 15.0. The lowest BCUT2D eigenvalue weighted by Gasteiger charge is -2.37. The number of aromatic carboxylic acids is 1. The third-order valence-electron chi connectivity index (χ3n) is 18.8. The lowest BCUT2D eigenvalue weighted by molar-refractivity contribution is 0.0679. The molecular weight excluding hydrogens is 1420 g/mol. The van der Waals surface area contributed by atoms with Crippen molar-refractivity contribution in [3.63, 3.8) is 0 Å². The zero-order valence-electron chi connectivity index (χ0n) is 65.4. The number of ether oxygens (including phenoxy) is 8. The lowest BCUT2D eigenvalue weighted by atomic mass is 10.1. The van der Waals surface area contributed by atoms with E-state index in [4.69, 9.17) is 56.7 Å². The Morgan fingerprint density at radius 2 is 0.761 bits per heavy atom. The molecule has 8 aromatic carbocycles. The Bertz CT molecular complexity index is 4510. The highest BCUT2D eigenvalue weighted by Gasteiger charge is 2.39. The number of hydrogen-bond acceptors (Lipinski definition) is 17. The number of aryl methyl sites for hydroxylation is 2. The number of aromatic nitrogens is 4. The van der Waals surface area contributed by atoms with E-state index in [1.54, 1.807) is 69.7 Å². The maximum absolute atomic E-state index is 15.0. The number of carboxylic acids is 1. The van der Waals surface area contributed by atoms with Crippen LogP contribution in [0.5, 0.6) is 46.3 Å². The Balaban J connectivity index is 0.000000232. The summed E-state index contributed by atoms with van der Waals surface area (Å²) in [7, 11) is 2.63. The number of nitrogens with zero attached hydrogens (tertiary/aromatic N) is 5. The van der Waals surface area contributed by atoms with E-state index in [1.807, 2.05) is 147 Å². The van der Waals surface area contributed by atoms with Crippen LogP contribution in [-0.2, 0) is 48.4 Å². The van der Waals surface area contributed by atoms with Gasteiger partial charge < -0.3 is 62.1 Å². The summed E-state index contributed by atoms with van der Waals surface area (Å²) in [5, 5.41) is 13.5. The first-order chi connectivity index (χ1) is 51.9. The molecule has 2 aromatic heterocycles. The van der Waals surface area contributed by atoms with Crippen LogP contribution in [0.3, 0.4) is 0 Å². The van der Waals surface area contributed by atoms with E-state index >= 15 is 0 Å². The van der Waals surface area contributed by atoms with Gasteiger partial charge in [-0.15, -0.1) is 0 Å². The van der Waals surface area contributed by atoms with Gasteiger partial charge in [-0.05, 0) is 156 Å². The third kappa shape index (κ3) is 25.3. The van der Waals surface area contributed by atoms with Crippen molar-refractivity contribution in [3.05, 3.63) is 262 Å². The molecule has 0 saturated heterocycles. The van der Waals surface area contributed by atoms with Crippen LogP contribution < -0.4 is 43.2 Å². The quantitative estimate of drug-likeness (QED) is 0.0296. The number of carbonyl (C=O) groups excluding carboxylic acids is 1. The standard InChI is InChI=1S/C43H50FN3O6Si.C28H26N2O6.C15H26FNOSi/c1-30-9-17-34(18-10-30)40-45-38(42(48)47(27-31-11-19-35(44)20-12-31)25-26-53-54(7,8)43(2,3)4)39(51-28-32-13-21-36(49-5)22-14-32)41(46-40)52-29-33-15-23-37(50-6)24-16-33;1-18-4-10-21(11-5-18)26-29-24(28(31)32)25(35-16-19-6-12-22(33-2)13-7-19)27(30-26)36-17-20-8-14-23(34-3)15-9-20;1-15(2,3)19(4,5)18-11-10-17-12-13-6-8-14(16)9-7-13/h9-24H,25-29H2,1-8H3;4-15H,16-17H2,1-3H3,(H,31,32);6-9,17H,10-12H2,1-5H3. The third-order valence-corrected chi connectivity index (χ3v) is 27.9. The highest BCUT2D eigenvalue weighted by atomic mass is 28.4. The van der Waals surface area contributed by atoms with Crippen molar-refractivity contribution in [3.8, 4) is 69.0 Å². The normalized spacial score (nSPS) is 11.4. The number of carboxylic acid groups (broad SMARTS) is 1. The summed E-state index contributed by atoms with van der Waals surface area (Å²) in [5.74, 6) is 1.42. The Morgan fingerprint density at radius 1 is 0.431 bits per heavy atom. The van der Waals surface area contributed by atoms with Gasteiger partial charge >= 0.3 is 5.97 Å². The predicted molar refractivity (Wildman–Crippen MR) is 426 cm³/mol. The molecule has 576 valence electrons. The van der Waals surface area contributed by atoms with E-state index in [9.17, 15) is 23.5 Å². The first-order valence-electron chi connectivity index (χ1n) is 36.0. The zero-order valence-corrected chi connectivity index (χ0v) is 67.4. The molecule has 19 nitrogen and oxygen atoms in total. The monoisotopic (exact) mass is 1520 g/mol. The molecule has 0 aliphatic heterocycles. The minimum absolute atomic E-state index is 0.0209.